The number of nitrogens with two attached hydrogens (primary N) is 1. The summed E-state index contributed by atoms with van der Waals surface area (Å²) < 4.78 is 11.6. The first kappa shape index (κ1) is 14.2. The van der Waals surface area contributed by atoms with Gasteiger partial charge in [-0.2, -0.15) is 0 Å². The number of benzene rings is 1. The lowest BCUT2D eigenvalue weighted by Gasteiger charge is -2.32. The number of rotatable bonds is 4. The summed E-state index contributed by atoms with van der Waals surface area (Å²) in [5.41, 5.74) is 6.82. The standard InChI is InChI=1S/C16H25NO2/c1-11-7-12(2)9-14(8-11)19-16-13(10-17)5-4-6-15(16)18-3/h4-6,11-12,14H,7-10,17H2,1-3H3. The quantitative estimate of drug-likeness (QED) is 0.906. The Hall–Kier alpha value is -1.22. The van der Waals surface area contributed by atoms with Crippen molar-refractivity contribution in [3.8, 4) is 11.5 Å². The van der Waals surface area contributed by atoms with Crippen molar-refractivity contribution < 1.29 is 9.47 Å². The monoisotopic (exact) mass is 263 g/mol. The Balaban J connectivity index is 2.17. The van der Waals surface area contributed by atoms with Gasteiger partial charge in [-0.3, -0.25) is 0 Å². The van der Waals surface area contributed by atoms with Gasteiger partial charge in [0.25, 0.3) is 0 Å². The van der Waals surface area contributed by atoms with Gasteiger partial charge >= 0.3 is 0 Å². The molecule has 0 spiro atoms. The third-order valence-corrected chi connectivity index (χ3v) is 3.92. The maximum absolute atomic E-state index is 6.24. The molecular weight excluding hydrogens is 238 g/mol. The molecule has 1 saturated carbocycles. The molecule has 0 aliphatic heterocycles. The van der Waals surface area contributed by atoms with Crippen molar-refractivity contribution in [1.82, 2.24) is 0 Å². The van der Waals surface area contributed by atoms with Gasteiger partial charge in [0.1, 0.15) is 0 Å². The maximum atomic E-state index is 6.24. The average molecular weight is 263 g/mol. The highest BCUT2D eigenvalue weighted by Crippen LogP contribution is 2.36. The van der Waals surface area contributed by atoms with Crippen LogP contribution in [0.3, 0.4) is 0 Å². The predicted molar refractivity (Wildman–Crippen MR) is 77.5 cm³/mol. The minimum absolute atomic E-state index is 0.278. The molecule has 0 heterocycles. The normalized spacial score (nSPS) is 27.1. The number of hydrogen-bond donors (Lipinski definition) is 1. The van der Waals surface area contributed by atoms with Gasteiger partial charge in [0.05, 0.1) is 13.2 Å². The van der Waals surface area contributed by atoms with Crippen LogP contribution in [-0.2, 0) is 6.54 Å². The molecule has 0 amide bonds. The molecule has 1 fully saturated rings. The molecule has 0 saturated heterocycles. The van der Waals surface area contributed by atoms with Gasteiger partial charge in [-0.1, -0.05) is 26.0 Å². The molecule has 1 aromatic rings. The molecule has 3 nitrogen and oxygen atoms in total. The van der Waals surface area contributed by atoms with Gasteiger partial charge in [0, 0.05) is 12.1 Å². The fourth-order valence-corrected chi connectivity index (χ4v) is 3.15. The molecular formula is C16H25NO2. The number of ether oxygens (including phenoxy) is 2. The molecule has 19 heavy (non-hydrogen) atoms. The molecule has 106 valence electrons. The molecule has 1 aromatic carbocycles. The van der Waals surface area contributed by atoms with E-state index in [2.05, 4.69) is 13.8 Å². The molecule has 2 N–H and O–H groups in total. The van der Waals surface area contributed by atoms with E-state index in [0.29, 0.717) is 6.54 Å². The van der Waals surface area contributed by atoms with E-state index in [0.717, 1.165) is 41.7 Å². The Bertz CT molecular complexity index is 387. The van der Waals surface area contributed by atoms with Crippen molar-refractivity contribution in [2.45, 2.75) is 45.8 Å². The molecule has 0 bridgehead atoms. The van der Waals surface area contributed by atoms with Crippen LogP contribution in [0.25, 0.3) is 0 Å². The molecule has 2 rings (SSSR count). The van der Waals surface area contributed by atoms with Crippen LogP contribution in [0.4, 0.5) is 0 Å². The second-order valence-electron chi connectivity index (χ2n) is 5.81. The first-order valence-corrected chi connectivity index (χ1v) is 7.16. The van der Waals surface area contributed by atoms with Gasteiger partial charge < -0.3 is 15.2 Å². The van der Waals surface area contributed by atoms with E-state index in [9.17, 15) is 0 Å². The smallest absolute Gasteiger partial charge is 0.166 e. The van der Waals surface area contributed by atoms with Crippen molar-refractivity contribution in [2.75, 3.05) is 7.11 Å². The van der Waals surface area contributed by atoms with Gasteiger partial charge in [-0.25, -0.2) is 0 Å². The number of para-hydroxylation sites is 1. The third kappa shape index (κ3) is 3.41. The Morgan fingerprint density at radius 1 is 1.16 bits per heavy atom. The van der Waals surface area contributed by atoms with E-state index in [-0.39, 0.29) is 6.10 Å². The third-order valence-electron chi connectivity index (χ3n) is 3.92. The SMILES string of the molecule is COc1cccc(CN)c1OC1CC(C)CC(C)C1. The molecule has 3 heteroatoms. The topological polar surface area (TPSA) is 44.5 Å². The summed E-state index contributed by atoms with van der Waals surface area (Å²) in [6.45, 7) is 5.08. The summed E-state index contributed by atoms with van der Waals surface area (Å²) in [7, 11) is 1.68. The van der Waals surface area contributed by atoms with E-state index >= 15 is 0 Å². The van der Waals surface area contributed by atoms with Crippen molar-refractivity contribution in [3.63, 3.8) is 0 Å². The molecule has 0 aromatic heterocycles. The highest BCUT2D eigenvalue weighted by atomic mass is 16.5. The zero-order valence-electron chi connectivity index (χ0n) is 12.2. The van der Waals surface area contributed by atoms with Crippen LogP contribution in [0.1, 0.15) is 38.7 Å². The highest BCUT2D eigenvalue weighted by Gasteiger charge is 2.26. The number of hydrogen-bond acceptors (Lipinski definition) is 3. The fraction of sp³-hybridized carbons (Fsp3) is 0.625. The Labute approximate surface area is 116 Å². The summed E-state index contributed by atoms with van der Waals surface area (Å²) in [4.78, 5) is 0. The van der Waals surface area contributed by atoms with Gasteiger partial charge in [0.15, 0.2) is 11.5 Å². The van der Waals surface area contributed by atoms with Gasteiger partial charge in [-0.05, 0) is 37.2 Å². The first-order valence-electron chi connectivity index (χ1n) is 7.16. The van der Waals surface area contributed by atoms with E-state index in [1.807, 2.05) is 18.2 Å². The molecule has 2 atom stereocenters. The van der Waals surface area contributed by atoms with Crippen molar-refractivity contribution in [2.24, 2.45) is 17.6 Å². The summed E-state index contributed by atoms with van der Waals surface area (Å²) in [6.07, 6.45) is 3.81. The van der Waals surface area contributed by atoms with Crippen LogP contribution in [0.15, 0.2) is 18.2 Å². The van der Waals surface area contributed by atoms with Crippen LogP contribution in [0, 0.1) is 11.8 Å². The molecule has 2 unspecified atom stereocenters. The minimum atomic E-state index is 0.278. The van der Waals surface area contributed by atoms with Gasteiger partial charge in [-0.15, -0.1) is 0 Å². The molecule has 1 aliphatic carbocycles. The summed E-state index contributed by atoms with van der Waals surface area (Å²) in [6, 6.07) is 5.90. The van der Waals surface area contributed by atoms with Crippen LogP contribution in [0.5, 0.6) is 11.5 Å². The van der Waals surface area contributed by atoms with E-state index < -0.39 is 0 Å². The summed E-state index contributed by atoms with van der Waals surface area (Å²) >= 11 is 0. The number of methoxy groups -OCH3 is 1. The van der Waals surface area contributed by atoms with E-state index in [1.165, 1.54) is 6.42 Å². The molecule has 0 radical (unpaired) electrons. The highest BCUT2D eigenvalue weighted by molar-refractivity contribution is 5.46. The lowest BCUT2D eigenvalue weighted by Crippen LogP contribution is -2.29. The largest absolute Gasteiger partial charge is 0.493 e. The Kier molecular flexibility index (Phi) is 4.70. The fourth-order valence-electron chi connectivity index (χ4n) is 3.15. The summed E-state index contributed by atoms with van der Waals surface area (Å²) in [5, 5.41) is 0. The van der Waals surface area contributed by atoms with Crippen molar-refractivity contribution in [3.05, 3.63) is 23.8 Å². The predicted octanol–water partition coefficient (Wildman–Crippen LogP) is 3.36. The Morgan fingerprint density at radius 2 is 1.84 bits per heavy atom. The van der Waals surface area contributed by atoms with E-state index in [1.54, 1.807) is 7.11 Å². The van der Waals surface area contributed by atoms with Crippen LogP contribution >= 0.6 is 0 Å². The minimum Gasteiger partial charge on any atom is -0.493 e. The van der Waals surface area contributed by atoms with Crippen molar-refractivity contribution in [1.29, 1.82) is 0 Å². The Morgan fingerprint density at radius 3 is 2.42 bits per heavy atom. The van der Waals surface area contributed by atoms with Crippen molar-refractivity contribution >= 4 is 0 Å². The van der Waals surface area contributed by atoms with Gasteiger partial charge in [0.2, 0.25) is 0 Å². The average Bonchev–Trinajstić information content (AvgIpc) is 2.37. The lowest BCUT2D eigenvalue weighted by atomic mass is 9.82. The molecule has 1 aliphatic rings. The zero-order chi connectivity index (χ0) is 13.8. The second-order valence-corrected chi connectivity index (χ2v) is 5.81. The van der Waals surface area contributed by atoms with Crippen LogP contribution in [-0.4, -0.2) is 13.2 Å². The first-order chi connectivity index (χ1) is 9.13. The maximum Gasteiger partial charge on any atom is 0.166 e. The zero-order valence-corrected chi connectivity index (χ0v) is 12.2. The summed E-state index contributed by atoms with van der Waals surface area (Å²) in [5.74, 6) is 3.07. The van der Waals surface area contributed by atoms with Crippen LogP contribution < -0.4 is 15.2 Å². The van der Waals surface area contributed by atoms with Crippen LogP contribution in [0.2, 0.25) is 0 Å². The second kappa shape index (κ2) is 6.29. The van der Waals surface area contributed by atoms with E-state index in [4.69, 9.17) is 15.2 Å². The lowest BCUT2D eigenvalue weighted by molar-refractivity contribution is 0.0970.